The number of nitrogens with zero attached hydrogens (tertiary/aromatic N) is 6. The van der Waals surface area contributed by atoms with E-state index in [9.17, 15) is 0 Å². The Labute approximate surface area is 852 Å². The Hall–Kier alpha value is -17.8. The molecule has 1 aromatic heterocycles. The Morgan fingerprint density at radius 2 is 0.414 bits per heavy atom. The summed E-state index contributed by atoms with van der Waals surface area (Å²) in [7, 11) is 0. The standard InChI is InChI=1S/C50H33N3.2C30H19NS.C26H17NS/c1-3-13-34(14-4-1)35-23-27-39(28-24-35)52-47-30-25-37-16-8-10-20-42(37)50(47)53(48-31-26-36-15-7-9-19-41(36)49(48)52)40-29-32-46-44(33-40)43-21-11-12-22-45(43)51(46)38-17-5-2-6-18-38;1-4-12-23-20(8-1)11-7-15-26(23)31-27-18-16-22-10-3-6-14-25(22)30(27)32-28-19-17-21-9-2-5-13-24(21)29(28)31;1-2-10-23-19-24(16-13-20(23)7-1)31-27-17-14-22-9-4-6-12-26(22)30(27)32-28-18-15-21-8-3-5-11-25(21)29(28)31;1-2-10-20(11-3-1)27-23-16-14-19-9-5-7-13-22(19)26(23)28-24-17-15-18-8-4-6-12-21(18)25(24)27/h1-33H;2*1-19H;1-17H. The van der Waals surface area contributed by atoms with Crippen LogP contribution in [0.4, 0.5) is 85.3 Å². The summed E-state index contributed by atoms with van der Waals surface area (Å²) in [5.41, 5.74) is 24.0. The van der Waals surface area contributed by atoms with Crippen molar-refractivity contribution in [1.82, 2.24) is 4.57 Å². The van der Waals surface area contributed by atoms with Crippen molar-refractivity contribution in [2.24, 2.45) is 0 Å². The zero-order valence-corrected chi connectivity index (χ0v) is 81.2. The first-order chi connectivity index (χ1) is 72.0. The Morgan fingerprint density at radius 3 is 0.890 bits per heavy atom. The third-order valence-corrected chi connectivity index (χ3v) is 32.6. The van der Waals surface area contributed by atoms with Crippen LogP contribution < -0.4 is 24.5 Å². The van der Waals surface area contributed by atoms with Gasteiger partial charge in [-0.3, -0.25) is 0 Å². The maximum absolute atomic E-state index is 2.50. The third-order valence-electron chi connectivity index (χ3n) is 29.1. The fourth-order valence-electron chi connectivity index (χ4n) is 22.4. The molecule has 0 N–H and O–H groups in total. The predicted molar refractivity (Wildman–Crippen MR) is 620 cm³/mol. The van der Waals surface area contributed by atoms with Crippen LogP contribution in [0.3, 0.4) is 0 Å². The maximum Gasteiger partial charge on any atom is 0.0782 e. The topological polar surface area (TPSA) is 21.1 Å². The molecule has 31 rings (SSSR count). The highest BCUT2D eigenvalue weighted by Gasteiger charge is 2.37. The molecule has 26 aromatic carbocycles. The second-order valence-corrected chi connectivity index (χ2v) is 40.4. The van der Waals surface area contributed by atoms with Crippen molar-refractivity contribution in [3.05, 3.63) is 534 Å². The van der Waals surface area contributed by atoms with Gasteiger partial charge in [-0.15, -0.1) is 0 Å². The molecule has 5 heterocycles. The molecule has 9 heteroatoms. The van der Waals surface area contributed by atoms with Gasteiger partial charge in [0.2, 0.25) is 0 Å². The second-order valence-electron chi connectivity index (χ2n) is 37.3. The summed E-state index contributed by atoms with van der Waals surface area (Å²) in [6, 6.07) is 193. The van der Waals surface area contributed by atoms with Gasteiger partial charge in [0, 0.05) is 101 Å². The molecule has 6 nitrogen and oxygen atoms in total. The van der Waals surface area contributed by atoms with E-state index in [-0.39, 0.29) is 0 Å². The molecule has 27 aromatic rings. The molecule has 0 unspecified atom stereocenters. The minimum atomic E-state index is 1.12. The summed E-state index contributed by atoms with van der Waals surface area (Å²) in [4.78, 5) is 20.2. The molecule has 145 heavy (non-hydrogen) atoms. The molecular weight excluding hydrogens is 1810 g/mol. The van der Waals surface area contributed by atoms with Crippen molar-refractivity contribution in [2.45, 2.75) is 29.4 Å². The summed E-state index contributed by atoms with van der Waals surface area (Å²) in [5, 5.41) is 27.8. The van der Waals surface area contributed by atoms with Crippen molar-refractivity contribution in [3.8, 4) is 16.8 Å². The van der Waals surface area contributed by atoms with Crippen LogP contribution in [0.2, 0.25) is 0 Å². The van der Waals surface area contributed by atoms with Crippen LogP contribution in [0, 0.1) is 0 Å². The highest BCUT2D eigenvalue weighted by Crippen LogP contribution is 2.63. The number of hydrogen-bond acceptors (Lipinski definition) is 8. The Morgan fingerprint density at radius 1 is 0.131 bits per heavy atom. The number of aromatic nitrogens is 1. The van der Waals surface area contributed by atoms with Gasteiger partial charge in [0.15, 0.2) is 0 Å². The molecule has 4 aliphatic rings. The molecule has 0 saturated heterocycles. The van der Waals surface area contributed by atoms with Crippen molar-refractivity contribution >= 4 is 250 Å². The maximum atomic E-state index is 2.50. The Bertz CT molecular complexity index is 9870. The summed E-state index contributed by atoms with van der Waals surface area (Å²) in [6.45, 7) is 0. The minimum absolute atomic E-state index is 1.12. The number of fused-ring (bicyclic) bond motifs is 29. The molecule has 0 saturated carbocycles. The highest BCUT2D eigenvalue weighted by atomic mass is 32.2. The SMILES string of the molecule is c1ccc(-c2ccc(N3c4ccc5ccccc5c4N(c4ccc5c(c4)c4ccccc4n5-c4ccccc4)c4ccc5ccccc5c43)cc2)cc1.c1ccc(N2c3ccc4ccccc4c3Sc3ccc4ccccc4c32)cc1.c1ccc2c(N3c4ccc5ccccc5c4Sc4ccc5ccccc5c43)cccc2c1.c1ccc2cc(N3c4ccc5ccccc5c4Sc4ccc5ccccc5c43)ccc2c1. The molecule has 0 amide bonds. The Balaban J connectivity index is 0.0000000972. The fourth-order valence-corrected chi connectivity index (χ4v) is 26.1. The minimum Gasteiger partial charge on any atom is -0.309 e. The molecule has 0 bridgehead atoms. The van der Waals surface area contributed by atoms with E-state index in [0.717, 1.165) is 28.4 Å². The zero-order chi connectivity index (χ0) is 95.5. The van der Waals surface area contributed by atoms with Gasteiger partial charge in [-0.05, 0) is 214 Å². The highest BCUT2D eigenvalue weighted by molar-refractivity contribution is 8.00. The molecule has 4 aliphatic heterocycles. The average molecular weight is 1900 g/mol. The second kappa shape index (κ2) is 35.7. The van der Waals surface area contributed by atoms with Gasteiger partial charge in [-0.2, -0.15) is 0 Å². The normalized spacial score (nSPS) is 12.7. The van der Waals surface area contributed by atoms with Crippen LogP contribution in [-0.2, 0) is 0 Å². The van der Waals surface area contributed by atoms with Crippen LogP contribution in [0.25, 0.3) is 146 Å². The Kier molecular flexibility index (Phi) is 21.0. The number of rotatable bonds is 7. The van der Waals surface area contributed by atoms with Crippen molar-refractivity contribution in [2.75, 3.05) is 24.5 Å². The van der Waals surface area contributed by atoms with E-state index in [1.165, 1.54) is 233 Å². The van der Waals surface area contributed by atoms with Crippen LogP contribution in [0.15, 0.2) is 563 Å². The average Bonchev–Trinajstić information content (AvgIpc) is 1.32. The van der Waals surface area contributed by atoms with Crippen molar-refractivity contribution < 1.29 is 0 Å². The van der Waals surface area contributed by atoms with E-state index >= 15 is 0 Å². The van der Waals surface area contributed by atoms with E-state index in [1.54, 1.807) is 0 Å². The molecule has 0 aliphatic carbocycles. The number of anilines is 15. The van der Waals surface area contributed by atoms with Crippen LogP contribution >= 0.6 is 35.3 Å². The molecule has 0 radical (unpaired) electrons. The smallest absolute Gasteiger partial charge is 0.0782 e. The van der Waals surface area contributed by atoms with Gasteiger partial charge in [0.1, 0.15) is 0 Å². The van der Waals surface area contributed by atoms with Crippen molar-refractivity contribution in [1.29, 1.82) is 0 Å². The van der Waals surface area contributed by atoms with Gasteiger partial charge in [0.25, 0.3) is 0 Å². The van der Waals surface area contributed by atoms with E-state index in [1.807, 2.05) is 35.3 Å². The van der Waals surface area contributed by atoms with Gasteiger partial charge < -0.3 is 29.1 Å². The van der Waals surface area contributed by atoms with Gasteiger partial charge in [0.05, 0.1) is 73.6 Å². The molecular formula is C136H88N6S3. The molecule has 0 spiro atoms. The summed E-state index contributed by atoms with van der Waals surface area (Å²) >= 11 is 5.66. The molecule has 680 valence electrons. The van der Waals surface area contributed by atoms with Crippen LogP contribution in [0.5, 0.6) is 0 Å². The molecule has 0 fully saturated rings. The van der Waals surface area contributed by atoms with Crippen molar-refractivity contribution in [3.63, 3.8) is 0 Å². The summed E-state index contributed by atoms with van der Waals surface area (Å²) < 4.78 is 2.39. The first-order valence-corrected chi connectivity index (χ1v) is 51.9. The molecule has 0 atom stereocenters. The lowest BCUT2D eigenvalue weighted by molar-refractivity contribution is 1.17. The first-order valence-electron chi connectivity index (χ1n) is 49.4. The van der Waals surface area contributed by atoms with E-state index < -0.39 is 0 Å². The zero-order valence-electron chi connectivity index (χ0n) is 78.7. The fraction of sp³-hybridized carbons (Fsp3) is 0. The number of para-hydroxylation sites is 3. The summed E-state index contributed by atoms with van der Waals surface area (Å²) in [6.07, 6.45) is 0. The first kappa shape index (κ1) is 85.2. The lowest BCUT2D eigenvalue weighted by Gasteiger charge is -2.41. The van der Waals surface area contributed by atoms with Crippen LogP contribution in [0.1, 0.15) is 0 Å². The van der Waals surface area contributed by atoms with E-state index in [4.69, 9.17) is 0 Å². The van der Waals surface area contributed by atoms with Crippen LogP contribution in [-0.4, -0.2) is 4.57 Å². The lowest BCUT2D eigenvalue weighted by Crippen LogP contribution is -2.24. The summed E-state index contributed by atoms with van der Waals surface area (Å²) in [5.74, 6) is 0. The largest absolute Gasteiger partial charge is 0.309 e. The number of hydrogen-bond donors (Lipinski definition) is 0. The third kappa shape index (κ3) is 14.6. The van der Waals surface area contributed by atoms with E-state index in [2.05, 4.69) is 563 Å². The lowest BCUT2D eigenvalue weighted by atomic mass is 9.96. The van der Waals surface area contributed by atoms with E-state index in [0.29, 0.717) is 0 Å². The monoisotopic (exact) mass is 1900 g/mol. The predicted octanol–water partition coefficient (Wildman–Crippen LogP) is 40.1. The quantitative estimate of drug-likeness (QED) is 0.155. The van der Waals surface area contributed by atoms with Gasteiger partial charge in [-0.25, -0.2) is 0 Å². The van der Waals surface area contributed by atoms with Gasteiger partial charge in [-0.1, -0.05) is 442 Å². The number of benzene rings is 26. The van der Waals surface area contributed by atoms with Gasteiger partial charge >= 0.3 is 0 Å².